The molecule has 120 valence electrons. The van der Waals surface area contributed by atoms with Crippen molar-refractivity contribution in [3.63, 3.8) is 0 Å². The maximum absolute atomic E-state index is 12.2. The second kappa shape index (κ2) is 5.61. The van der Waals surface area contributed by atoms with Crippen molar-refractivity contribution >= 4 is 35.6 Å². The Morgan fingerprint density at radius 2 is 2.14 bits per heavy atom. The number of thioether (sulfide) groups is 1. The average molecular weight is 330 g/mol. The van der Waals surface area contributed by atoms with E-state index in [4.69, 9.17) is 10.5 Å². The van der Waals surface area contributed by atoms with Gasteiger partial charge in [-0.15, -0.1) is 11.8 Å². The normalized spacial score (nSPS) is 27.0. The molecular formula is C12H14N2O7S. The van der Waals surface area contributed by atoms with E-state index < -0.39 is 34.7 Å². The Labute approximate surface area is 129 Å². The number of rotatable bonds is 4. The van der Waals surface area contributed by atoms with Gasteiger partial charge in [-0.2, -0.15) is 0 Å². The lowest BCUT2D eigenvalue weighted by atomic mass is 9.87. The van der Waals surface area contributed by atoms with Gasteiger partial charge in [-0.1, -0.05) is 0 Å². The van der Waals surface area contributed by atoms with Gasteiger partial charge < -0.3 is 20.3 Å². The maximum Gasteiger partial charge on any atom is 0.352 e. The quantitative estimate of drug-likeness (QED) is 0.365. The molecule has 1 fully saturated rings. The van der Waals surface area contributed by atoms with Crippen molar-refractivity contribution in [3.8, 4) is 0 Å². The summed E-state index contributed by atoms with van der Waals surface area (Å²) in [5.74, 6) is -3.53. The topological polar surface area (TPSA) is 136 Å². The predicted molar refractivity (Wildman–Crippen MR) is 73.3 cm³/mol. The molecule has 3 N–H and O–H groups in total. The van der Waals surface area contributed by atoms with E-state index in [1.807, 2.05) is 0 Å². The third-order valence-corrected chi connectivity index (χ3v) is 4.78. The number of aliphatic carboxylic acids is 1. The Balaban J connectivity index is 2.34. The summed E-state index contributed by atoms with van der Waals surface area (Å²) in [6.07, 6.45) is 0. The van der Waals surface area contributed by atoms with Crippen molar-refractivity contribution in [2.75, 3.05) is 19.5 Å². The molecule has 2 atom stereocenters. The molecule has 0 aliphatic carbocycles. The fourth-order valence-electron chi connectivity index (χ4n) is 2.30. The van der Waals surface area contributed by atoms with E-state index in [1.54, 1.807) is 0 Å². The molecule has 0 unspecified atom stereocenters. The zero-order valence-electron chi connectivity index (χ0n) is 11.8. The molecule has 22 heavy (non-hydrogen) atoms. The Hall–Kier alpha value is -2.07. The van der Waals surface area contributed by atoms with Crippen molar-refractivity contribution in [1.82, 2.24) is 4.90 Å². The molecule has 2 aliphatic heterocycles. The van der Waals surface area contributed by atoms with Crippen LogP contribution < -0.4 is 5.73 Å². The third kappa shape index (κ3) is 2.24. The number of nitrogens with two attached hydrogens (primary N) is 1. The Morgan fingerprint density at radius 3 is 2.64 bits per heavy atom. The van der Waals surface area contributed by atoms with E-state index in [-0.39, 0.29) is 23.6 Å². The summed E-state index contributed by atoms with van der Waals surface area (Å²) >= 11 is 1.12. The van der Waals surface area contributed by atoms with Crippen molar-refractivity contribution < 1.29 is 33.8 Å². The molecule has 0 radical (unpaired) electrons. The van der Waals surface area contributed by atoms with E-state index in [1.165, 1.54) is 6.92 Å². The molecule has 2 rings (SSSR count). The number of hydrogen-bond donors (Lipinski definition) is 2. The van der Waals surface area contributed by atoms with Crippen LogP contribution in [0.3, 0.4) is 0 Å². The minimum atomic E-state index is -1.90. The SMILES string of the molecule is COC(=O)[C@]1(N)C(=O)N2C(C(=O)O)=C(COC(C)=O)CS[C@@H]21. The Bertz CT molecular complexity index is 602. The van der Waals surface area contributed by atoms with Gasteiger partial charge in [0.2, 0.25) is 5.54 Å². The average Bonchev–Trinajstić information content (AvgIpc) is 2.49. The molecule has 0 saturated carbocycles. The number of esters is 2. The Kier molecular flexibility index (Phi) is 4.16. The van der Waals surface area contributed by atoms with Gasteiger partial charge in [0.15, 0.2) is 0 Å². The first-order valence-corrected chi connectivity index (χ1v) is 7.21. The summed E-state index contributed by atoms with van der Waals surface area (Å²) in [5.41, 5.74) is 3.86. The second-order valence-corrected chi connectivity index (χ2v) is 5.81. The molecule has 0 aromatic carbocycles. The zero-order chi connectivity index (χ0) is 16.7. The zero-order valence-corrected chi connectivity index (χ0v) is 12.6. The summed E-state index contributed by atoms with van der Waals surface area (Å²) < 4.78 is 9.31. The highest BCUT2D eigenvalue weighted by Crippen LogP contribution is 2.45. The molecule has 10 heteroatoms. The van der Waals surface area contributed by atoms with Crippen LogP contribution in [0.25, 0.3) is 0 Å². The van der Waals surface area contributed by atoms with Gasteiger partial charge in [-0.05, 0) is 0 Å². The summed E-state index contributed by atoms with van der Waals surface area (Å²) in [7, 11) is 1.10. The number of carboxylic acid groups (broad SMARTS) is 1. The molecule has 0 bridgehead atoms. The third-order valence-electron chi connectivity index (χ3n) is 3.36. The first-order chi connectivity index (χ1) is 10.2. The summed E-state index contributed by atoms with van der Waals surface area (Å²) in [6, 6.07) is 0. The fraction of sp³-hybridized carbons (Fsp3) is 0.500. The van der Waals surface area contributed by atoms with Crippen LogP contribution in [0, 0.1) is 0 Å². The number of hydrogen-bond acceptors (Lipinski definition) is 8. The van der Waals surface area contributed by atoms with Gasteiger partial charge >= 0.3 is 17.9 Å². The lowest BCUT2D eigenvalue weighted by Gasteiger charge is -2.53. The second-order valence-electron chi connectivity index (χ2n) is 4.74. The highest BCUT2D eigenvalue weighted by Gasteiger charge is 2.67. The van der Waals surface area contributed by atoms with Crippen LogP contribution in [-0.2, 0) is 28.7 Å². The number of carbonyl (C=O) groups is 4. The van der Waals surface area contributed by atoms with E-state index in [9.17, 15) is 24.3 Å². The summed E-state index contributed by atoms with van der Waals surface area (Å²) in [6.45, 7) is 0.951. The van der Waals surface area contributed by atoms with Crippen LogP contribution in [0.15, 0.2) is 11.3 Å². The van der Waals surface area contributed by atoms with E-state index in [2.05, 4.69) is 4.74 Å². The van der Waals surface area contributed by atoms with Crippen molar-refractivity contribution in [2.45, 2.75) is 17.8 Å². The number of fused-ring (bicyclic) bond motifs is 1. The van der Waals surface area contributed by atoms with Crippen molar-refractivity contribution in [2.24, 2.45) is 5.73 Å². The van der Waals surface area contributed by atoms with Crippen LogP contribution in [0.1, 0.15) is 6.92 Å². The van der Waals surface area contributed by atoms with Gasteiger partial charge in [0.25, 0.3) is 5.91 Å². The monoisotopic (exact) mass is 330 g/mol. The summed E-state index contributed by atoms with van der Waals surface area (Å²) in [5, 5.41) is 8.46. The molecule has 0 aromatic rings. The smallest absolute Gasteiger partial charge is 0.352 e. The van der Waals surface area contributed by atoms with Crippen molar-refractivity contribution in [3.05, 3.63) is 11.3 Å². The van der Waals surface area contributed by atoms with Crippen molar-refractivity contribution in [1.29, 1.82) is 0 Å². The molecular weight excluding hydrogens is 316 g/mol. The van der Waals surface area contributed by atoms with Crippen LogP contribution in [0.2, 0.25) is 0 Å². The molecule has 0 aromatic heterocycles. The molecule has 1 saturated heterocycles. The number of carbonyl (C=O) groups excluding carboxylic acids is 3. The first-order valence-electron chi connectivity index (χ1n) is 6.16. The first kappa shape index (κ1) is 16.3. The van der Waals surface area contributed by atoms with Crippen LogP contribution >= 0.6 is 11.8 Å². The molecule has 2 aliphatic rings. The number of ether oxygens (including phenoxy) is 2. The molecule has 1 amide bonds. The fourth-order valence-corrected chi connectivity index (χ4v) is 3.69. The number of methoxy groups -OCH3 is 1. The van der Waals surface area contributed by atoms with Gasteiger partial charge in [0, 0.05) is 18.2 Å². The highest BCUT2D eigenvalue weighted by atomic mass is 32.2. The Morgan fingerprint density at radius 1 is 1.50 bits per heavy atom. The van der Waals surface area contributed by atoms with Gasteiger partial charge in [0.1, 0.15) is 17.7 Å². The number of β-lactam (4-membered cyclic amide) rings is 1. The minimum absolute atomic E-state index is 0.166. The van der Waals surface area contributed by atoms with Crippen LogP contribution in [0.4, 0.5) is 0 Å². The predicted octanol–water partition coefficient (Wildman–Crippen LogP) is -1.33. The standard InChI is InChI=1S/C12H14N2O7S/c1-5(15)21-3-6-4-22-10-12(13,11(19)20-2)9(18)14(10)7(6)8(16)17/h10H,3-4,13H2,1-2H3,(H,16,17)/t10-,12+/m1/s1. The van der Waals surface area contributed by atoms with E-state index >= 15 is 0 Å². The minimum Gasteiger partial charge on any atom is -0.477 e. The lowest BCUT2D eigenvalue weighted by Crippen LogP contribution is -2.81. The van der Waals surface area contributed by atoms with Gasteiger partial charge in [0.05, 0.1) is 7.11 Å². The van der Waals surface area contributed by atoms with E-state index in [0.717, 1.165) is 23.8 Å². The van der Waals surface area contributed by atoms with Crippen LogP contribution in [-0.4, -0.2) is 64.2 Å². The highest BCUT2D eigenvalue weighted by molar-refractivity contribution is 8.00. The van der Waals surface area contributed by atoms with Crippen LogP contribution in [0.5, 0.6) is 0 Å². The molecule has 2 heterocycles. The maximum atomic E-state index is 12.2. The molecule has 0 spiro atoms. The largest absolute Gasteiger partial charge is 0.477 e. The number of amides is 1. The van der Waals surface area contributed by atoms with E-state index in [0.29, 0.717) is 0 Å². The summed E-state index contributed by atoms with van der Waals surface area (Å²) in [4.78, 5) is 47.1. The lowest BCUT2D eigenvalue weighted by molar-refractivity contribution is -0.169. The van der Waals surface area contributed by atoms with Gasteiger partial charge in [-0.25, -0.2) is 9.59 Å². The number of carboxylic acids is 1. The molecule has 9 nitrogen and oxygen atoms in total. The van der Waals surface area contributed by atoms with Gasteiger partial charge in [-0.3, -0.25) is 14.5 Å². The number of nitrogens with zero attached hydrogens (tertiary/aromatic N) is 1.